The minimum absolute atomic E-state index is 0.128. The minimum atomic E-state index is 0.128. The molecule has 0 saturated carbocycles. The number of likely N-dealkylation sites (N-methyl/N-ethyl adjacent to an activating group) is 1. The molecule has 0 radical (unpaired) electrons. The summed E-state index contributed by atoms with van der Waals surface area (Å²) in [4.78, 5) is 3.07. The number of hydrazone groups is 1. The van der Waals surface area contributed by atoms with Gasteiger partial charge in [0, 0.05) is 21.2 Å². The van der Waals surface area contributed by atoms with Crippen molar-refractivity contribution in [2.24, 2.45) is 10.8 Å². The molecule has 8 heteroatoms. The molecule has 1 aliphatic heterocycles. The number of rotatable bonds is 2. The van der Waals surface area contributed by atoms with E-state index < -0.39 is 0 Å². The Bertz CT molecular complexity index is 575. The van der Waals surface area contributed by atoms with Gasteiger partial charge in [0.15, 0.2) is 5.11 Å². The van der Waals surface area contributed by atoms with Gasteiger partial charge in [0.1, 0.15) is 0 Å². The maximum Gasteiger partial charge on any atom is 0.184 e. The largest absolute Gasteiger partial charge is 0.375 e. The third-order valence-corrected chi connectivity index (χ3v) is 4.83. The topological polar surface area (TPSA) is 53.6 Å². The zero-order valence-electron chi connectivity index (χ0n) is 11.0. The van der Waals surface area contributed by atoms with Crippen molar-refractivity contribution >= 4 is 58.0 Å². The summed E-state index contributed by atoms with van der Waals surface area (Å²) < 4.78 is 0. The lowest BCUT2D eigenvalue weighted by molar-refractivity contribution is 0.384. The fourth-order valence-electron chi connectivity index (χ4n) is 1.96. The molecule has 1 atom stereocenters. The van der Waals surface area contributed by atoms with Crippen molar-refractivity contribution in [3.63, 3.8) is 0 Å². The van der Waals surface area contributed by atoms with E-state index in [1.807, 2.05) is 20.2 Å². The Morgan fingerprint density at radius 2 is 2.20 bits per heavy atom. The molecule has 1 aliphatic rings. The molecule has 1 unspecified atom stereocenters. The predicted molar refractivity (Wildman–Crippen MR) is 91.1 cm³/mol. The Kier molecular flexibility index (Phi) is 5.14. The molecule has 108 valence electrons. The lowest BCUT2D eigenvalue weighted by Gasteiger charge is -2.31. The summed E-state index contributed by atoms with van der Waals surface area (Å²) in [5.41, 5.74) is 9.86. The average molecular weight is 349 g/mol. The first-order chi connectivity index (χ1) is 9.40. The van der Waals surface area contributed by atoms with Crippen LogP contribution in [0.1, 0.15) is 5.56 Å². The lowest BCUT2D eigenvalue weighted by atomic mass is 10.0. The summed E-state index contributed by atoms with van der Waals surface area (Å²) in [7, 11) is 4.00. The van der Waals surface area contributed by atoms with Gasteiger partial charge in [0.25, 0.3) is 0 Å². The van der Waals surface area contributed by atoms with Crippen molar-refractivity contribution in [3.8, 4) is 0 Å². The van der Waals surface area contributed by atoms with Crippen LogP contribution in [0.15, 0.2) is 22.1 Å². The molecule has 20 heavy (non-hydrogen) atoms. The van der Waals surface area contributed by atoms with E-state index in [1.165, 1.54) is 0 Å². The van der Waals surface area contributed by atoms with Crippen LogP contribution in [-0.4, -0.2) is 41.6 Å². The van der Waals surface area contributed by atoms with Gasteiger partial charge in [0.2, 0.25) is 0 Å². The van der Waals surface area contributed by atoms with E-state index in [2.05, 4.69) is 15.4 Å². The van der Waals surface area contributed by atoms with E-state index in [9.17, 15) is 0 Å². The van der Waals surface area contributed by atoms with Crippen molar-refractivity contribution in [2.75, 3.05) is 19.8 Å². The molecule has 0 spiro atoms. The molecular formula is C12H14Cl2N4S2. The zero-order chi connectivity index (χ0) is 14.9. The van der Waals surface area contributed by atoms with Gasteiger partial charge in [0.05, 0.1) is 16.8 Å². The van der Waals surface area contributed by atoms with Crippen LogP contribution >= 0.6 is 47.2 Å². The zero-order valence-corrected chi connectivity index (χ0v) is 14.1. The molecule has 0 saturated heterocycles. The standard InChI is InChI=1S/C12H14Cl2N4S2/c1-18(2)9-5-20-11-7(3-6(13)4-8(11)14)10(9)16-17-12(15)19/h3-4,9H,5H2,1-2H3,(H3,15,17,19)/b16-10-. The number of nitrogens with zero attached hydrogens (tertiary/aromatic N) is 2. The van der Waals surface area contributed by atoms with Crippen molar-refractivity contribution in [2.45, 2.75) is 10.9 Å². The summed E-state index contributed by atoms with van der Waals surface area (Å²) >= 11 is 18.9. The number of benzene rings is 1. The summed E-state index contributed by atoms with van der Waals surface area (Å²) in [6.45, 7) is 0. The molecule has 0 aliphatic carbocycles. The van der Waals surface area contributed by atoms with Crippen LogP contribution in [0.4, 0.5) is 0 Å². The van der Waals surface area contributed by atoms with Crippen molar-refractivity contribution in [1.82, 2.24) is 10.3 Å². The van der Waals surface area contributed by atoms with Gasteiger partial charge in [-0.3, -0.25) is 5.43 Å². The Balaban J connectivity index is 2.53. The Labute approximate surface area is 137 Å². The van der Waals surface area contributed by atoms with Gasteiger partial charge in [-0.05, 0) is 38.4 Å². The van der Waals surface area contributed by atoms with Gasteiger partial charge in [-0.2, -0.15) is 5.10 Å². The summed E-state index contributed by atoms with van der Waals surface area (Å²) in [6, 6.07) is 3.73. The SMILES string of the molecule is CN(C)C1CSc2c(Cl)cc(Cl)cc2/C1=N/NC(N)=S. The number of hydrogen-bond acceptors (Lipinski definition) is 4. The molecule has 4 nitrogen and oxygen atoms in total. The van der Waals surface area contributed by atoms with E-state index >= 15 is 0 Å². The molecule has 0 fully saturated rings. The molecule has 2 rings (SSSR count). The van der Waals surface area contributed by atoms with Crippen LogP contribution in [0, 0.1) is 0 Å². The quantitative estimate of drug-likeness (QED) is 0.635. The molecule has 1 heterocycles. The van der Waals surface area contributed by atoms with E-state index in [0.29, 0.717) is 10.0 Å². The number of thiocarbonyl (C=S) groups is 1. The highest BCUT2D eigenvalue weighted by Gasteiger charge is 2.29. The van der Waals surface area contributed by atoms with E-state index in [0.717, 1.165) is 21.9 Å². The maximum absolute atomic E-state index is 6.26. The van der Waals surface area contributed by atoms with Crippen molar-refractivity contribution in [1.29, 1.82) is 0 Å². The smallest absolute Gasteiger partial charge is 0.184 e. The fourth-order valence-corrected chi connectivity index (χ4v) is 3.96. The number of nitrogens with one attached hydrogen (secondary N) is 1. The first-order valence-corrected chi connectivity index (χ1v) is 7.96. The Hall–Kier alpha value is -0.530. The van der Waals surface area contributed by atoms with Crippen LogP contribution in [0.5, 0.6) is 0 Å². The first-order valence-electron chi connectivity index (χ1n) is 5.82. The van der Waals surface area contributed by atoms with Gasteiger partial charge in [-0.1, -0.05) is 23.2 Å². The number of thioether (sulfide) groups is 1. The molecule has 3 N–H and O–H groups in total. The van der Waals surface area contributed by atoms with Crippen LogP contribution < -0.4 is 11.2 Å². The number of fused-ring (bicyclic) bond motifs is 1. The van der Waals surface area contributed by atoms with Gasteiger partial charge < -0.3 is 10.6 Å². The van der Waals surface area contributed by atoms with Gasteiger partial charge >= 0.3 is 0 Å². The normalized spacial score (nSPS) is 20.1. The Morgan fingerprint density at radius 3 is 2.80 bits per heavy atom. The van der Waals surface area contributed by atoms with Crippen molar-refractivity contribution in [3.05, 3.63) is 27.7 Å². The minimum Gasteiger partial charge on any atom is -0.375 e. The molecule has 0 bridgehead atoms. The van der Waals surface area contributed by atoms with Gasteiger partial charge in [-0.25, -0.2) is 0 Å². The second kappa shape index (κ2) is 6.49. The van der Waals surface area contributed by atoms with Crippen molar-refractivity contribution < 1.29 is 0 Å². The number of halogens is 2. The highest BCUT2D eigenvalue weighted by molar-refractivity contribution is 7.99. The van der Waals surface area contributed by atoms with Crippen LogP contribution in [0.2, 0.25) is 10.0 Å². The summed E-state index contributed by atoms with van der Waals surface area (Å²) in [6.07, 6.45) is 0. The number of nitrogens with two attached hydrogens (primary N) is 1. The van der Waals surface area contributed by atoms with E-state index in [4.69, 9.17) is 41.2 Å². The highest BCUT2D eigenvalue weighted by atomic mass is 35.5. The monoisotopic (exact) mass is 348 g/mol. The molecular weight excluding hydrogens is 335 g/mol. The first kappa shape index (κ1) is 15.9. The highest BCUT2D eigenvalue weighted by Crippen LogP contribution is 2.39. The molecule has 0 aromatic heterocycles. The van der Waals surface area contributed by atoms with E-state index in [1.54, 1.807) is 17.8 Å². The Morgan fingerprint density at radius 1 is 1.50 bits per heavy atom. The maximum atomic E-state index is 6.26. The summed E-state index contributed by atoms with van der Waals surface area (Å²) in [5, 5.41) is 5.68. The second-order valence-corrected chi connectivity index (χ2v) is 6.84. The fraction of sp³-hybridized carbons (Fsp3) is 0.333. The third kappa shape index (κ3) is 3.38. The van der Waals surface area contributed by atoms with Crippen LogP contribution in [0.3, 0.4) is 0 Å². The molecule has 1 aromatic carbocycles. The third-order valence-electron chi connectivity index (χ3n) is 2.90. The summed E-state index contributed by atoms with van der Waals surface area (Å²) in [5.74, 6) is 0.846. The molecule has 1 aromatic rings. The molecule has 0 amide bonds. The van der Waals surface area contributed by atoms with E-state index in [-0.39, 0.29) is 11.2 Å². The number of hydrogen-bond donors (Lipinski definition) is 2. The van der Waals surface area contributed by atoms with Crippen LogP contribution in [-0.2, 0) is 0 Å². The average Bonchev–Trinajstić information content (AvgIpc) is 2.35. The van der Waals surface area contributed by atoms with Crippen LogP contribution in [0.25, 0.3) is 0 Å². The second-order valence-electron chi connectivity index (χ2n) is 4.53. The predicted octanol–water partition coefficient (Wildman–Crippen LogP) is 2.57. The van der Waals surface area contributed by atoms with Gasteiger partial charge in [-0.15, -0.1) is 11.8 Å². The lowest BCUT2D eigenvalue weighted by Crippen LogP contribution is -2.42.